The minimum Gasteiger partial charge on any atom is -0.330 e. The van der Waals surface area contributed by atoms with E-state index in [9.17, 15) is 4.79 Å². The second-order valence-corrected chi connectivity index (χ2v) is 3.20. The van der Waals surface area contributed by atoms with E-state index in [1.165, 1.54) is 6.20 Å². The van der Waals surface area contributed by atoms with Crippen LogP contribution in [0.25, 0.3) is 0 Å². The summed E-state index contributed by atoms with van der Waals surface area (Å²) in [4.78, 5) is 16.2. The summed E-state index contributed by atoms with van der Waals surface area (Å²) < 4.78 is 0. The van der Waals surface area contributed by atoms with Gasteiger partial charge in [-0.25, -0.2) is 4.98 Å². The van der Waals surface area contributed by atoms with E-state index < -0.39 is 0 Å². The Bertz CT molecular complexity index is 454. The topological polar surface area (TPSA) is 80.8 Å². The van der Waals surface area contributed by atoms with E-state index in [-0.39, 0.29) is 13.1 Å². The molecular formula is C11H10N4O. The molecule has 1 heterocycles. The number of hydrogen-bond donors (Lipinski definition) is 0. The van der Waals surface area contributed by atoms with E-state index in [4.69, 9.17) is 10.5 Å². The van der Waals surface area contributed by atoms with Crippen molar-refractivity contribution < 1.29 is 4.79 Å². The Labute approximate surface area is 93.5 Å². The number of carbonyl (C=O) groups excluding carboxylic acids is 1. The molecule has 0 saturated heterocycles. The lowest BCUT2D eigenvalue weighted by Crippen LogP contribution is -2.25. The van der Waals surface area contributed by atoms with Gasteiger partial charge < -0.3 is 4.90 Å². The number of pyridine rings is 1. The van der Waals surface area contributed by atoms with Crippen molar-refractivity contribution in [3.63, 3.8) is 0 Å². The summed E-state index contributed by atoms with van der Waals surface area (Å²) >= 11 is 0. The number of anilines is 1. The zero-order chi connectivity index (χ0) is 12.0. The van der Waals surface area contributed by atoms with Crippen molar-refractivity contribution in [1.82, 2.24) is 4.98 Å². The molecule has 1 aromatic rings. The van der Waals surface area contributed by atoms with Gasteiger partial charge in [-0.2, -0.15) is 10.5 Å². The summed E-state index contributed by atoms with van der Waals surface area (Å²) in [6, 6.07) is 5.62. The smallest absolute Gasteiger partial charge is 0.151 e. The molecule has 0 N–H and O–H groups in total. The summed E-state index contributed by atoms with van der Waals surface area (Å²) in [5.41, 5.74) is 1.25. The van der Waals surface area contributed by atoms with Crippen molar-refractivity contribution in [3.05, 3.63) is 23.4 Å². The van der Waals surface area contributed by atoms with Crippen molar-refractivity contribution >= 4 is 12.1 Å². The predicted molar refractivity (Wildman–Crippen MR) is 57.8 cm³/mol. The van der Waals surface area contributed by atoms with Crippen LogP contribution in [0.4, 0.5) is 5.82 Å². The van der Waals surface area contributed by atoms with Gasteiger partial charge in [0, 0.05) is 11.8 Å². The number of aldehydes is 1. The molecule has 0 aliphatic heterocycles. The zero-order valence-electron chi connectivity index (χ0n) is 8.84. The number of nitriles is 2. The van der Waals surface area contributed by atoms with Crippen LogP contribution < -0.4 is 4.90 Å². The van der Waals surface area contributed by atoms with E-state index in [0.29, 0.717) is 17.7 Å². The van der Waals surface area contributed by atoms with Crippen LogP contribution in [0.15, 0.2) is 12.3 Å². The third-order valence-corrected chi connectivity index (χ3v) is 2.03. The quantitative estimate of drug-likeness (QED) is 0.553. The van der Waals surface area contributed by atoms with Gasteiger partial charge >= 0.3 is 0 Å². The lowest BCUT2D eigenvalue weighted by molar-refractivity contribution is 0.112. The maximum absolute atomic E-state index is 10.5. The maximum Gasteiger partial charge on any atom is 0.151 e. The predicted octanol–water partition coefficient (Wildman–Crippen LogP) is 1.06. The van der Waals surface area contributed by atoms with Crippen LogP contribution in [0.5, 0.6) is 0 Å². The van der Waals surface area contributed by atoms with Crippen molar-refractivity contribution in [2.24, 2.45) is 0 Å². The Kier molecular flexibility index (Phi) is 3.99. The third kappa shape index (κ3) is 2.55. The van der Waals surface area contributed by atoms with Gasteiger partial charge in [0.2, 0.25) is 0 Å². The SMILES string of the molecule is Cc1cc(C=O)cnc1N(CC#N)CC#N. The van der Waals surface area contributed by atoms with Crippen LogP contribution in [-0.4, -0.2) is 24.4 Å². The molecule has 0 aromatic carbocycles. The van der Waals surface area contributed by atoms with Crippen molar-refractivity contribution in [2.75, 3.05) is 18.0 Å². The zero-order valence-corrected chi connectivity index (χ0v) is 8.84. The van der Waals surface area contributed by atoms with Gasteiger partial charge in [0.15, 0.2) is 6.29 Å². The molecule has 80 valence electrons. The monoisotopic (exact) mass is 214 g/mol. The highest BCUT2D eigenvalue weighted by Crippen LogP contribution is 2.16. The summed E-state index contributed by atoms with van der Waals surface area (Å²) in [6.45, 7) is 1.99. The summed E-state index contributed by atoms with van der Waals surface area (Å²) in [5, 5.41) is 17.3. The highest BCUT2D eigenvalue weighted by atomic mass is 16.1. The molecule has 0 aliphatic rings. The second-order valence-electron chi connectivity index (χ2n) is 3.20. The molecule has 0 fully saturated rings. The molecule has 0 spiro atoms. The van der Waals surface area contributed by atoms with E-state index in [2.05, 4.69) is 4.98 Å². The van der Waals surface area contributed by atoms with Crippen molar-refractivity contribution in [1.29, 1.82) is 10.5 Å². The molecular weight excluding hydrogens is 204 g/mol. The summed E-state index contributed by atoms with van der Waals surface area (Å²) in [6.07, 6.45) is 2.14. The van der Waals surface area contributed by atoms with Crippen LogP contribution >= 0.6 is 0 Å². The van der Waals surface area contributed by atoms with Crippen LogP contribution in [0.3, 0.4) is 0 Å². The lowest BCUT2D eigenvalue weighted by Gasteiger charge is -2.18. The second kappa shape index (κ2) is 5.47. The van der Waals surface area contributed by atoms with E-state index >= 15 is 0 Å². The molecule has 1 rings (SSSR count). The van der Waals surface area contributed by atoms with Crippen molar-refractivity contribution in [2.45, 2.75) is 6.92 Å². The first-order valence-electron chi connectivity index (χ1n) is 4.63. The van der Waals surface area contributed by atoms with Gasteiger partial charge in [0.25, 0.3) is 0 Å². The Morgan fingerprint density at radius 2 is 2.06 bits per heavy atom. The van der Waals surface area contributed by atoms with Crippen LogP contribution in [0, 0.1) is 29.6 Å². The van der Waals surface area contributed by atoms with Gasteiger partial charge in [0.05, 0.1) is 12.1 Å². The molecule has 0 atom stereocenters. The van der Waals surface area contributed by atoms with Crippen LogP contribution in [0.1, 0.15) is 15.9 Å². The molecule has 0 saturated carbocycles. The van der Waals surface area contributed by atoms with E-state index in [0.717, 1.165) is 5.56 Å². The standard InChI is InChI=1S/C11H10N4O/c1-9-6-10(8-16)7-14-11(9)15(4-2-12)5-3-13/h6-8H,4-5H2,1H3. The Morgan fingerprint density at radius 3 is 2.50 bits per heavy atom. The number of carbonyl (C=O) groups is 1. The molecule has 0 unspecified atom stereocenters. The fourth-order valence-corrected chi connectivity index (χ4v) is 1.36. The number of aryl methyl sites for hydroxylation is 1. The minimum atomic E-state index is 0.0990. The lowest BCUT2D eigenvalue weighted by atomic mass is 10.2. The van der Waals surface area contributed by atoms with Crippen LogP contribution in [0.2, 0.25) is 0 Å². The molecule has 16 heavy (non-hydrogen) atoms. The number of aromatic nitrogens is 1. The Morgan fingerprint density at radius 1 is 1.44 bits per heavy atom. The Balaban J connectivity index is 3.06. The highest BCUT2D eigenvalue weighted by Gasteiger charge is 2.10. The van der Waals surface area contributed by atoms with E-state index in [1.54, 1.807) is 17.9 Å². The number of hydrogen-bond acceptors (Lipinski definition) is 5. The summed E-state index contributed by atoms with van der Waals surface area (Å²) in [5.74, 6) is 0.564. The first-order valence-corrected chi connectivity index (χ1v) is 4.63. The van der Waals surface area contributed by atoms with Gasteiger partial charge in [0.1, 0.15) is 18.9 Å². The normalized spacial score (nSPS) is 8.94. The number of rotatable bonds is 4. The Hall–Kier alpha value is -2.40. The van der Waals surface area contributed by atoms with Crippen molar-refractivity contribution in [3.8, 4) is 12.1 Å². The molecule has 0 radical (unpaired) electrons. The largest absolute Gasteiger partial charge is 0.330 e. The van der Waals surface area contributed by atoms with Gasteiger partial charge in [-0.15, -0.1) is 0 Å². The van der Waals surface area contributed by atoms with Gasteiger partial charge in [-0.3, -0.25) is 4.79 Å². The minimum absolute atomic E-state index is 0.0990. The first-order chi connectivity index (χ1) is 7.72. The fraction of sp³-hybridized carbons (Fsp3) is 0.273. The highest BCUT2D eigenvalue weighted by molar-refractivity contribution is 5.75. The molecule has 1 aromatic heterocycles. The average Bonchev–Trinajstić information content (AvgIpc) is 2.29. The molecule has 0 amide bonds. The van der Waals surface area contributed by atoms with E-state index in [1.807, 2.05) is 12.1 Å². The van der Waals surface area contributed by atoms with Gasteiger partial charge in [-0.1, -0.05) is 0 Å². The fourth-order valence-electron chi connectivity index (χ4n) is 1.36. The summed E-state index contributed by atoms with van der Waals surface area (Å²) in [7, 11) is 0. The number of nitrogens with zero attached hydrogens (tertiary/aromatic N) is 4. The third-order valence-electron chi connectivity index (χ3n) is 2.03. The average molecular weight is 214 g/mol. The molecule has 0 aliphatic carbocycles. The first kappa shape index (κ1) is 11.7. The maximum atomic E-state index is 10.5. The van der Waals surface area contributed by atoms with Gasteiger partial charge in [-0.05, 0) is 18.6 Å². The molecule has 5 heteroatoms. The molecule has 5 nitrogen and oxygen atoms in total. The van der Waals surface area contributed by atoms with Crippen LogP contribution in [-0.2, 0) is 0 Å². The molecule has 0 bridgehead atoms.